The van der Waals surface area contributed by atoms with E-state index in [1.54, 1.807) is 11.3 Å². The van der Waals surface area contributed by atoms with Gasteiger partial charge in [0, 0.05) is 6.54 Å². The van der Waals surface area contributed by atoms with Crippen LogP contribution in [0.1, 0.15) is 18.4 Å². The lowest BCUT2D eigenvalue weighted by Crippen LogP contribution is -2.37. The van der Waals surface area contributed by atoms with Crippen molar-refractivity contribution < 1.29 is 0 Å². The van der Waals surface area contributed by atoms with E-state index in [1.165, 1.54) is 51.0 Å². The maximum absolute atomic E-state index is 3.29. The molecule has 16 heavy (non-hydrogen) atoms. The van der Waals surface area contributed by atoms with Crippen molar-refractivity contribution in [1.82, 2.24) is 10.2 Å². The highest BCUT2D eigenvalue weighted by atomic mass is 32.1. The van der Waals surface area contributed by atoms with Crippen molar-refractivity contribution in [3.8, 4) is 0 Å². The third-order valence-electron chi connectivity index (χ3n) is 3.50. The number of likely N-dealkylation sites (tertiary alicyclic amines) is 1. The van der Waals surface area contributed by atoms with Crippen LogP contribution in [0, 0.1) is 5.92 Å². The lowest BCUT2D eigenvalue weighted by atomic mass is 9.96. The van der Waals surface area contributed by atoms with E-state index in [4.69, 9.17) is 0 Å². The third kappa shape index (κ3) is 3.58. The van der Waals surface area contributed by atoms with Gasteiger partial charge in [-0.25, -0.2) is 0 Å². The molecule has 2 rings (SSSR count). The first-order valence-corrected chi connectivity index (χ1v) is 7.21. The Balaban J connectivity index is 1.65. The van der Waals surface area contributed by atoms with Crippen LogP contribution in [0.2, 0.25) is 0 Å². The Morgan fingerprint density at radius 1 is 1.44 bits per heavy atom. The summed E-state index contributed by atoms with van der Waals surface area (Å²) in [7, 11) is 2.06. The van der Waals surface area contributed by atoms with Crippen LogP contribution >= 0.6 is 11.3 Å². The summed E-state index contributed by atoms with van der Waals surface area (Å²) in [5.74, 6) is 0.905. The van der Waals surface area contributed by atoms with Gasteiger partial charge in [-0.2, -0.15) is 11.3 Å². The molecule has 1 aromatic rings. The predicted molar refractivity (Wildman–Crippen MR) is 71.1 cm³/mol. The molecule has 0 unspecified atom stereocenters. The average molecular weight is 238 g/mol. The van der Waals surface area contributed by atoms with Gasteiger partial charge in [0.2, 0.25) is 0 Å². The lowest BCUT2D eigenvalue weighted by molar-refractivity contribution is 0.185. The molecule has 2 nitrogen and oxygen atoms in total. The molecular formula is C13H22N2S. The largest absolute Gasteiger partial charge is 0.319 e. The Morgan fingerprint density at radius 3 is 2.88 bits per heavy atom. The topological polar surface area (TPSA) is 15.3 Å². The Hall–Kier alpha value is -0.380. The summed E-state index contributed by atoms with van der Waals surface area (Å²) in [5.41, 5.74) is 1.50. The second-order valence-electron chi connectivity index (χ2n) is 4.72. The van der Waals surface area contributed by atoms with Crippen molar-refractivity contribution >= 4 is 11.3 Å². The molecule has 0 aliphatic carbocycles. The number of thiophene rings is 1. The zero-order chi connectivity index (χ0) is 11.2. The Morgan fingerprint density at radius 2 is 2.25 bits per heavy atom. The van der Waals surface area contributed by atoms with Crippen LogP contribution in [0.3, 0.4) is 0 Å². The van der Waals surface area contributed by atoms with E-state index in [-0.39, 0.29) is 0 Å². The van der Waals surface area contributed by atoms with Crippen LogP contribution in [0.5, 0.6) is 0 Å². The van der Waals surface area contributed by atoms with Gasteiger partial charge in [-0.05, 0) is 74.3 Å². The van der Waals surface area contributed by atoms with E-state index < -0.39 is 0 Å². The van der Waals surface area contributed by atoms with Crippen LogP contribution in [-0.4, -0.2) is 38.1 Å². The standard InChI is InChI=1S/C13H22N2S/c1-14-10-12-2-6-15(7-3-12)8-4-13-5-9-16-11-13/h5,9,11-12,14H,2-4,6-8,10H2,1H3. The molecule has 0 radical (unpaired) electrons. The molecule has 0 spiro atoms. The molecule has 1 aliphatic rings. The van der Waals surface area contributed by atoms with E-state index in [9.17, 15) is 0 Å². The van der Waals surface area contributed by atoms with Crippen molar-refractivity contribution in [2.45, 2.75) is 19.3 Å². The zero-order valence-electron chi connectivity index (χ0n) is 10.1. The fraction of sp³-hybridized carbons (Fsp3) is 0.692. The molecule has 1 saturated heterocycles. The Kier molecular flexibility index (Phi) is 4.82. The fourth-order valence-corrected chi connectivity index (χ4v) is 3.13. The smallest absolute Gasteiger partial charge is 0.00221 e. The number of hydrogen-bond acceptors (Lipinski definition) is 3. The lowest BCUT2D eigenvalue weighted by Gasteiger charge is -2.31. The monoisotopic (exact) mass is 238 g/mol. The number of hydrogen-bond donors (Lipinski definition) is 1. The molecule has 0 aromatic carbocycles. The fourth-order valence-electron chi connectivity index (χ4n) is 2.42. The van der Waals surface area contributed by atoms with Gasteiger partial charge in [0.1, 0.15) is 0 Å². The van der Waals surface area contributed by atoms with Gasteiger partial charge in [-0.3, -0.25) is 0 Å². The SMILES string of the molecule is CNCC1CCN(CCc2ccsc2)CC1. The van der Waals surface area contributed by atoms with Crippen molar-refractivity contribution in [1.29, 1.82) is 0 Å². The molecule has 1 fully saturated rings. The maximum Gasteiger partial charge on any atom is 0.00221 e. The Bertz CT molecular complexity index is 276. The molecular weight excluding hydrogens is 216 g/mol. The molecule has 0 bridgehead atoms. The second-order valence-corrected chi connectivity index (χ2v) is 5.50. The molecule has 1 N–H and O–H groups in total. The molecule has 90 valence electrons. The molecule has 1 aliphatic heterocycles. The Labute approximate surface area is 103 Å². The van der Waals surface area contributed by atoms with Crippen LogP contribution in [-0.2, 0) is 6.42 Å². The highest BCUT2D eigenvalue weighted by Gasteiger charge is 2.17. The highest BCUT2D eigenvalue weighted by Crippen LogP contribution is 2.17. The van der Waals surface area contributed by atoms with Crippen molar-refractivity contribution in [2.75, 3.05) is 33.2 Å². The first-order chi connectivity index (χ1) is 7.88. The minimum Gasteiger partial charge on any atom is -0.319 e. The van der Waals surface area contributed by atoms with E-state index in [1.807, 2.05) is 0 Å². The predicted octanol–water partition coefficient (Wildman–Crippen LogP) is 2.22. The van der Waals surface area contributed by atoms with E-state index in [0.29, 0.717) is 0 Å². The van der Waals surface area contributed by atoms with E-state index >= 15 is 0 Å². The molecule has 1 aromatic heterocycles. The molecule has 3 heteroatoms. The summed E-state index contributed by atoms with van der Waals surface area (Å²) < 4.78 is 0. The molecule has 0 saturated carbocycles. The van der Waals surface area contributed by atoms with Crippen molar-refractivity contribution in [3.05, 3.63) is 22.4 Å². The number of piperidine rings is 1. The van der Waals surface area contributed by atoms with Gasteiger partial charge in [-0.15, -0.1) is 0 Å². The molecule has 0 atom stereocenters. The van der Waals surface area contributed by atoms with Crippen molar-refractivity contribution in [2.24, 2.45) is 5.92 Å². The minimum absolute atomic E-state index is 0.905. The first-order valence-electron chi connectivity index (χ1n) is 6.26. The van der Waals surface area contributed by atoms with Gasteiger partial charge in [-0.1, -0.05) is 0 Å². The zero-order valence-corrected chi connectivity index (χ0v) is 10.9. The van der Waals surface area contributed by atoms with Crippen LogP contribution in [0.25, 0.3) is 0 Å². The molecule has 2 heterocycles. The summed E-state index contributed by atoms with van der Waals surface area (Å²) in [6.07, 6.45) is 3.95. The van der Waals surface area contributed by atoms with Crippen LogP contribution in [0.4, 0.5) is 0 Å². The van der Waals surface area contributed by atoms with Gasteiger partial charge >= 0.3 is 0 Å². The number of nitrogens with zero attached hydrogens (tertiary/aromatic N) is 1. The van der Waals surface area contributed by atoms with Gasteiger partial charge < -0.3 is 10.2 Å². The van der Waals surface area contributed by atoms with Gasteiger partial charge in [0.25, 0.3) is 0 Å². The third-order valence-corrected chi connectivity index (χ3v) is 4.23. The summed E-state index contributed by atoms with van der Waals surface area (Å²) in [6.45, 7) is 5.01. The summed E-state index contributed by atoms with van der Waals surface area (Å²) in [6, 6.07) is 2.25. The summed E-state index contributed by atoms with van der Waals surface area (Å²) in [4.78, 5) is 2.61. The maximum atomic E-state index is 3.29. The minimum atomic E-state index is 0.905. The normalized spacial score (nSPS) is 19.1. The van der Waals surface area contributed by atoms with E-state index in [2.05, 4.69) is 34.1 Å². The van der Waals surface area contributed by atoms with Crippen LogP contribution < -0.4 is 5.32 Å². The first kappa shape index (κ1) is 12.1. The summed E-state index contributed by atoms with van der Waals surface area (Å²) >= 11 is 1.81. The second kappa shape index (κ2) is 6.38. The van der Waals surface area contributed by atoms with Crippen molar-refractivity contribution in [3.63, 3.8) is 0 Å². The number of rotatable bonds is 5. The average Bonchev–Trinajstić information content (AvgIpc) is 2.82. The summed E-state index contributed by atoms with van der Waals surface area (Å²) in [5, 5.41) is 7.74. The van der Waals surface area contributed by atoms with Gasteiger partial charge in [0.05, 0.1) is 0 Å². The molecule has 0 amide bonds. The quantitative estimate of drug-likeness (QED) is 0.846. The number of nitrogens with one attached hydrogen (secondary N) is 1. The van der Waals surface area contributed by atoms with Crippen LogP contribution in [0.15, 0.2) is 16.8 Å². The highest BCUT2D eigenvalue weighted by molar-refractivity contribution is 7.07. The van der Waals surface area contributed by atoms with Gasteiger partial charge in [0.15, 0.2) is 0 Å². The van der Waals surface area contributed by atoms with E-state index in [0.717, 1.165) is 5.92 Å².